The highest BCUT2D eigenvalue weighted by atomic mass is 16.8. The zero-order valence-electron chi connectivity index (χ0n) is 43.6. The standard InChI is InChI=1S/C52H84O22/c1-22(2)14-23-15-50(7,74-42-37(62)32(57)26(56)19-65-42)46-49(6)13-10-24-25(51(49)20-52(46,73-23)66-21-51)8-9-30-47(3,4)31(11-12-48(24,30)5)70-45-41(72-43-38(63)34(59)28(17-54)68-43)40(35(60)29(18-55)69-45)71-44-39(64)36(61)33(58)27(16-53)67-44/h14,23-46,53-64H,8-13,15-21H2,1-7H3/t23-,24+,25-,26-,27-,28+,29-,30+,31+,32-,33-,34+,35-,36+,37+,38-,39-,40+,41-,42-,43+,44+,45+,46+,48-,49-,50+,51-,52+/m1/s1. The molecular formula is C52H84O22. The molecule has 6 aliphatic heterocycles. The van der Waals surface area contributed by atoms with Gasteiger partial charge >= 0.3 is 0 Å². The van der Waals surface area contributed by atoms with Crippen molar-refractivity contribution < 1.29 is 109 Å². The van der Waals surface area contributed by atoms with Gasteiger partial charge in [0, 0.05) is 24.2 Å². The first kappa shape index (κ1) is 56.1. The number of rotatable bonds is 12. The van der Waals surface area contributed by atoms with Gasteiger partial charge in [-0.2, -0.15) is 0 Å². The lowest BCUT2D eigenvalue weighted by Crippen LogP contribution is -2.69. The summed E-state index contributed by atoms with van der Waals surface area (Å²) >= 11 is 0. The van der Waals surface area contributed by atoms with Gasteiger partial charge in [0.2, 0.25) is 0 Å². The third-order valence-electron chi connectivity index (χ3n) is 20.6. The van der Waals surface area contributed by atoms with E-state index >= 15 is 0 Å². The van der Waals surface area contributed by atoms with Crippen LogP contribution in [0.4, 0.5) is 0 Å². The van der Waals surface area contributed by atoms with Gasteiger partial charge in [-0.15, -0.1) is 0 Å². The number of aliphatic hydroxyl groups excluding tert-OH is 12. The molecule has 12 N–H and O–H groups in total. The van der Waals surface area contributed by atoms with Crippen LogP contribution in [0.25, 0.3) is 0 Å². The summed E-state index contributed by atoms with van der Waals surface area (Å²) in [4.78, 5) is 0. The van der Waals surface area contributed by atoms with Crippen molar-refractivity contribution in [1.82, 2.24) is 0 Å². The molecule has 4 aliphatic carbocycles. The Kier molecular flexibility index (Phi) is 15.3. The van der Waals surface area contributed by atoms with Crippen LogP contribution < -0.4 is 0 Å². The summed E-state index contributed by atoms with van der Waals surface area (Å²) < 4.78 is 64.3. The van der Waals surface area contributed by atoms with Crippen molar-refractivity contribution in [3.63, 3.8) is 0 Å². The largest absolute Gasteiger partial charge is 0.394 e. The highest BCUT2D eigenvalue weighted by Crippen LogP contribution is 2.81. The summed E-state index contributed by atoms with van der Waals surface area (Å²) in [7, 11) is 0. The molecule has 10 aliphatic rings. The number of hydrogen-bond acceptors (Lipinski definition) is 22. The predicted octanol–water partition coefficient (Wildman–Crippen LogP) is -1.57. The highest BCUT2D eigenvalue weighted by molar-refractivity contribution is 5.28. The molecule has 0 aromatic rings. The quantitative estimate of drug-likeness (QED) is 0.0776. The van der Waals surface area contributed by atoms with E-state index in [0.29, 0.717) is 25.9 Å². The van der Waals surface area contributed by atoms with Crippen molar-refractivity contribution in [3.8, 4) is 0 Å². The fraction of sp³-hybridized carbons (Fsp3) is 0.962. The topological polar surface area (TPSA) is 335 Å². The molecule has 2 spiro atoms. The van der Waals surface area contributed by atoms with E-state index in [0.717, 1.165) is 37.7 Å². The van der Waals surface area contributed by atoms with Crippen molar-refractivity contribution in [3.05, 3.63) is 11.6 Å². The Bertz CT molecular complexity index is 2030. The molecule has 0 amide bonds. The Balaban J connectivity index is 0.924. The van der Waals surface area contributed by atoms with Crippen molar-refractivity contribution in [1.29, 1.82) is 0 Å². The summed E-state index contributed by atoms with van der Waals surface area (Å²) in [5.41, 5.74) is -1.22. The summed E-state index contributed by atoms with van der Waals surface area (Å²) in [5.74, 6) is -0.635. The minimum absolute atomic E-state index is 0.109. The van der Waals surface area contributed by atoms with Gasteiger partial charge in [-0.1, -0.05) is 39.3 Å². The Hall–Kier alpha value is -1.14. The molecule has 6 saturated heterocycles. The second-order valence-corrected chi connectivity index (χ2v) is 25.3. The van der Waals surface area contributed by atoms with E-state index in [4.69, 9.17) is 47.4 Å². The molecule has 0 aromatic heterocycles. The molecule has 6 heterocycles. The molecule has 22 heteroatoms. The first-order valence-electron chi connectivity index (χ1n) is 27.0. The molecule has 0 aromatic carbocycles. The molecule has 2 bridgehead atoms. The van der Waals surface area contributed by atoms with Gasteiger partial charge in [-0.05, 0) is 93.3 Å². The van der Waals surface area contributed by atoms with E-state index in [1.807, 2.05) is 13.8 Å². The SMILES string of the molecule is CC(C)=C[C@@H]1C[C@](C)(O[C@H]2OC[C@@H](O)[C@@H](O)[C@@H]2O)[C@H]2[C@]3(C[C@@]4(CO3)[C@@H]3CC[C@H]5C(C)(C)[C@@H](O[C@@H]6O[C@H](CO)[C@@H](O)[C@H](O[C@@H]7O[C@H](CO)[C@@H](O)[C@H](O)[C@H]7O)[C@H]6O[C@@H]6O[C@@H](CO)[C@H](O)[C@H]6O)CC[C@]5(C)[C@H]3CC[C@]24C)O1. The van der Waals surface area contributed by atoms with Crippen molar-refractivity contribution in [2.75, 3.05) is 33.0 Å². The maximum absolute atomic E-state index is 11.7. The molecule has 424 valence electrons. The molecule has 4 saturated carbocycles. The van der Waals surface area contributed by atoms with Crippen LogP contribution >= 0.6 is 0 Å². The van der Waals surface area contributed by atoms with Gasteiger partial charge < -0.3 is 109 Å². The van der Waals surface area contributed by atoms with Crippen LogP contribution in [0.2, 0.25) is 0 Å². The summed E-state index contributed by atoms with van der Waals surface area (Å²) in [6, 6.07) is 0. The molecule has 0 unspecified atom stereocenters. The maximum atomic E-state index is 11.7. The molecule has 22 nitrogen and oxygen atoms in total. The smallest absolute Gasteiger partial charge is 0.187 e. The second-order valence-electron chi connectivity index (χ2n) is 25.3. The zero-order valence-corrected chi connectivity index (χ0v) is 43.6. The first-order chi connectivity index (χ1) is 34.8. The fourth-order valence-corrected chi connectivity index (χ4v) is 17.2. The van der Waals surface area contributed by atoms with E-state index in [2.05, 4.69) is 40.7 Å². The van der Waals surface area contributed by atoms with Gasteiger partial charge in [0.1, 0.15) is 85.5 Å². The Morgan fingerprint density at radius 3 is 1.85 bits per heavy atom. The van der Waals surface area contributed by atoms with E-state index in [9.17, 15) is 61.3 Å². The van der Waals surface area contributed by atoms with Crippen LogP contribution in [0.15, 0.2) is 11.6 Å². The number of ether oxygens (including phenoxy) is 10. The van der Waals surface area contributed by atoms with Crippen molar-refractivity contribution in [2.45, 2.75) is 234 Å². The number of allylic oxidation sites excluding steroid dienone is 1. The van der Waals surface area contributed by atoms with E-state index in [1.165, 1.54) is 0 Å². The number of hydrogen-bond donors (Lipinski definition) is 12. The van der Waals surface area contributed by atoms with Crippen LogP contribution in [-0.4, -0.2) is 229 Å². The van der Waals surface area contributed by atoms with Gasteiger partial charge in [-0.25, -0.2) is 0 Å². The lowest BCUT2D eigenvalue weighted by atomic mass is 9.37. The average Bonchev–Trinajstić information content (AvgIpc) is 3.94. The van der Waals surface area contributed by atoms with Crippen LogP contribution in [0.3, 0.4) is 0 Å². The Morgan fingerprint density at radius 1 is 0.608 bits per heavy atom. The lowest BCUT2D eigenvalue weighted by Gasteiger charge is -2.69. The third-order valence-corrected chi connectivity index (χ3v) is 20.6. The van der Waals surface area contributed by atoms with E-state index in [-0.39, 0.29) is 52.6 Å². The summed E-state index contributed by atoms with van der Waals surface area (Å²) in [6.07, 6.45) is -20.6. The molecule has 10 rings (SSSR count). The van der Waals surface area contributed by atoms with Gasteiger partial charge in [0.05, 0.1) is 50.8 Å². The first-order valence-corrected chi connectivity index (χ1v) is 27.0. The molecule has 29 atom stereocenters. The highest BCUT2D eigenvalue weighted by Gasteiger charge is 2.83. The Labute approximate surface area is 431 Å². The van der Waals surface area contributed by atoms with Gasteiger partial charge in [0.15, 0.2) is 30.9 Å². The van der Waals surface area contributed by atoms with Crippen molar-refractivity contribution in [2.24, 2.45) is 45.3 Å². The van der Waals surface area contributed by atoms with Crippen LogP contribution in [0, 0.1) is 45.3 Å². The molecule has 74 heavy (non-hydrogen) atoms. The van der Waals surface area contributed by atoms with Gasteiger partial charge in [0.25, 0.3) is 0 Å². The third kappa shape index (κ3) is 8.66. The summed E-state index contributed by atoms with van der Waals surface area (Å²) in [5, 5.41) is 128. The van der Waals surface area contributed by atoms with E-state index < -0.39 is 153 Å². The minimum atomic E-state index is -1.89. The second kappa shape index (κ2) is 20.1. The molecule has 0 radical (unpaired) electrons. The van der Waals surface area contributed by atoms with Crippen LogP contribution in [0.1, 0.15) is 99.8 Å². The fourth-order valence-electron chi connectivity index (χ4n) is 17.2. The minimum Gasteiger partial charge on any atom is -0.394 e. The number of fused-ring (bicyclic) bond motifs is 4. The predicted molar refractivity (Wildman–Crippen MR) is 251 cm³/mol. The van der Waals surface area contributed by atoms with Crippen LogP contribution in [-0.2, 0) is 47.4 Å². The maximum Gasteiger partial charge on any atom is 0.187 e. The van der Waals surface area contributed by atoms with E-state index in [1.54, 1.807) is 0 Å². The summed E-state index contributed by atoms with van der Waals surface area (Å²) in [6.45, 7) is 13.4. The Morgan fingerprint density at radius 2 is 1.20 bits per heavy atom. The van der Waals surface area contributed by atoms with Crippen molar-refractivity contribution >= 4 is 0 Å². The van der Waals surface area contributed by atoms with Crippen LogP contribution in [0.5, 0.6) is 0 Å². The number of aliphatic hydroxyl groups is 12. The molecule has 10 fully saturated rings. The monoisotopic (exact) mass is 1060 g/mol. The van der Waals surface area contributed by atoms with Gasteiger partial charge in [-0.3, -0.25) is 0 Å². The molecular weight excluding hydrogens is 977 g/mol. The average molecular weight is 1060 g/mol. The normalized spacial score (nSPS) is 56.7. The zero-order chi connectivity index (χ0) is 53.4. The lowest BCUT2D eigenvalue weighted by molar-refractivity contribution is -0.390.